The van der Waals surface area contributed by atoms with Crippen molar-refractivity contribution in [1.29, 1.82) is 0 Å². The predicted octanol–water partition coefficient (Wildman–Crippen LogP) is 2.95. The number of pyridine rings is 1. The average molecular weight is 321 g/mol. The van der Waals surface area contributed by atoms with Crippen LogP contribution < -0.4 is 5.73 Å². The summed E-state index contributed by atoms with van der Waals surface area (Å²) in [5, 5.41) is 0. The van der Waals surface area contributed by atoms with Crippen LogP contribution in [0.25, 0.3) is 11.3 Å². The Hall–Kier alpha value is -1.91. The molecule has 0 amide bonds. The van der Waals surface area contributed by atoms with Gasteiger partial charge in [-0.15, -0.1) is 12.4 Å². The second kappa shape index (κ2) is 7.92. The summed E-state index contributed by atoms with van der Waals surface area (Å²) in [6, 6.07) is 13.5. The Kier molecular flexibility index (Phi) is 6.53. The maximum atomic E-state index is 12.2. The summed E-state index contributed by atoms with van der Waals surface area (Å²) in [6.45, 7) is 4.13. The van der Waals surface area contributed by atoms with E-state index in [0.29, 0.717) is 6.61 Å². The van der Waals surface area contributed by atoms with E-state index in [1.54, 1.807) is 13.1 Å². The zero-order valence-corrected chi connectivity index (χ0v) is 13.6. The first-order valence-electron chi connectivity index (χ1n) is 7.01. The first kappa shape index (κ1) is 18.1. The van der Waals surface area contributed by atoms with E-state index in [9.17, 15) is 4.79 Å². The van der Waals surface area contributed by atoms with Gasteiger partial charge in [0.15, 0.2) is 0 Å². The Labute approximate surface area is 137 Å². The fourth-order valence-corrected chi connectivity index (χ4v) is 2.16. The van der Waals surface area contributed by atoms with Gasteiger partial charge in [-0.1, -0.05) is 24.3 Å². The molecule has 0 aliphatic rings. The maximum absolute atomic E-state index is 12.2. The molecule has 1 heterocycles. The summed E-state index contributed by atoms with van der Waals surface area (Å²) in [5.74, 6) is -0.300. The molecule has 5 heteroatoms. The molecule has 0 fully saturated rings. The van der Waals surface area contributed by atoms with Crippen LogP contribution in [0.2, 0.25) is 0 Å². The molecule has 0 spiro atoms. The van der Waals surface area contributed by atoms with Crippen molar-refractivity contribution in [2.24, 2.45) is 5.73 Å². The van der Waals surface area contributed by atoms with Gasteiger partial charge in [-0.05, 0) is 37.6 Å². The lowest BCUT2D eigenvalue weighted by Gasteiger charge is -2.26. The van der Waals surface area contributed by atoms with E-state index in [1.165, 1.54) is 0 Å². The number of ether oxygens (including phenoxy) is 1. The molecule has 2 aromatic rings. The quantitative estimate of drug-likeness (QED) is 0.860. The highest BCUT2D eigenvalue weighted by molar-refractivity contribution is 5.85. The standard InChI is InChI=1S/C17H20N2O2.ClH/c1-3-21-16(20)17(2,12-18)14-8-6-7-13(11-14)15-9-4-5-10-19-15;/h4-11H,3,12,18H2,1-2H3;1H. The second-order valence-corrected chi connectivity index (χ2v) is 5.05. The van der Waals surface area contributed by atoms with Crippen LogP contribution in [-0.4, -0.2) is 24.1 Å². The minimum atomic E-state index is -0.846. The van der Waals surface area contributed by atoms with E-state index in [0.717, 1.165) is 16.8 Å². The molecule has 1 aromatic carbocycles. The van der Waals surface area contributed by atoms with Gasteiger partial charge in [-0.25, -0.2) is 0 Å². The largest absolute Gasteiger partial charge is 0.465 e. The van der Waals surface area contributed by atoms with Gasteiger partial charge in [0.1, 0.15) is 5.41 Å². The molecular formula is C17H21ClN2O2. The van der Waals surface area contributed by atoms with Gasteiger partial charge in [-0.2, -0.15) is 0 Å². The van der Waals surface area contributed by atoms with Crippen LogP contribution >= 0.6 is 12.4 Å². The Morgan fingerprint density at radius 1 is 1.27 bits per heavy atom. The van der Waals surface area contributed by atoms with Crippen molar-refractivity contribution in [2.45, 2.75) is 19.3 Å². The third-order valence-corrected chi connectivity index (χ3v) is 3.59. The fourth-order valence-electron chi connectivity index (χ4n) is 2.16. The highest BCUT2D eigenvalue weighted by Crippen LogP contribution is 2.28. The van der Waals surface area contributed by atoms with Crippen LogP contribution in [-0.2, 0) is 14.9 Å². The van der Waals surface area contributed by atoms with Crippen LogP contribution in [0.1, 0.15) is 19.4 Å². The van der Waals surface area contributed by atoms with E-state index in [4.69, 9.17) is 10.5 Å². The monoisotopic (exact) mass is 320 g/mol. The van der Waals surface area contributed by atoms with Crippen LogP contribution in [0.5, 0.6) is 0 Å². The zero-order chi connectivity index (χ0) is 15.3. The summed E-state index contributed by atoms with van der Waals surface area (Å²) in [6.07, 6.45) is 1.75. The topological polar surface area (TPSA) is 65.2 Å². The van der Waals surface area contributed by atoms with Crippen LogP contribution in [0.4, 0.5) is 0 Å². The summed E-state index contributed by atoms with van der Waals surface area (Å²) in [4.78, 5) is 16.6. The highest BCUT2D eigenvalue weighted by atomic mass is 35.5. The van der Waals surface area contributed by atoms with Gasteiger partial charge < -0.3 is 10.5 Å². The molecule has 0 aliphatic carbocycles. The molecular weight excluding hydrogens is 300 g/mol. The number of benzene rings is 1. The molecule has 1 atom stereocenters. The molecule has 0 saturated carbocycles. The first-order chi connectivity index (χ1) is 10.1. The number of esters is 1. The van der Waals surface area contributed by atoms with Gasteiger partial charge >= 0.3 is 5.97 Å². The molecule has 1 aromatic heterocycles. The number of aromatic nitrogens is 1. The first-order valence-corrected chi connectivity index (χ1v) is 7.01. The summed E-state index contributed by atoms with van der Waals surface area (Å²) < 4.78 is 5.16. The molecule has 0 radical (unpaired) electrons. The Morgan fingerprint density at radius 2 is 2.05 bits per heavy atom. The maximum Gasteiger partial charge on any atom is 0.317 e. The van der Waals surface area contributed by atoms with E-state index in [-0.39, 0.29) is 24.9 Å². The summed E-state index contributed by atoms with van der Waals surface area (Å²) >= 11 is 0. The van der Waals surface area contributed by atoms with Gasteiger partial charge in [0.05, 0.1) is 12.3 Å². The molecule has 0 aliphatic heterocycles. The number of nitrogens with zero attached hydrogens (tertiary/aromatic N) is 1. The van der Waals surface area contributed by atoms with Gasteiger partial charge in [0.2, 0.25) is 0 Å². The third-order valence-electron chi connectivity index (χ3n) is 3.59. The van der Waals surface area contributed by atoms with Gasteiger partial charge in [-0.3, -0.25) is 9.78 Å². The van der Waals surface area contributed by atoms with Crippen molar-refractivity contribution >= 4 is 18.4 Å². The molecule has 118 valence electrons. The van der Waals surface area contributed by atoms with E-state index < -0.39 is 5.41 Å². The lowest BCUT2D eigenvalue weighted by Crippen LogP contribution is -2.41. The van der Waals surface area contributed by atoms with Crippen molar-refractivity contribution in [3.8, 4) is 11.3 Å². The normalized spacial score (nSPS) is 12.9. The van der Waals surface area contributed by atoms with E-state index in [1.807, 2.05) is 49.4 Å². The number of hydrogen-bond donors (Lipinski definition) is 1. The highest BCUT2D eigenvalue weighted by Gasteiger charge is 2.35. The van der Waals surface area contributed by atoms with E-state index >= 15 is 0 Å². The molecule has 2 rings (SSSR count). The molecule has 22 heavy (non-hydrogen) atoms. The molecule has 4 nitrogen and oxygen atoms in total. The number of nitrogens with two attached hydrogens (primary N) is 1. The average Bonchev–Trinajstić information content (AvgIpc) is 2.55. The number of rotatable bonds is 5. The number of carbonyl (C=O) groups is 1. The summed E-state index contributed by atoms with van der Waals surface area (Å²) in [7, 11) is 0. The lowest BCUT2D eigenvalue weighted by molar-refractivity contribution is -0.149. The third kappa shape index (κ3) is 3.64. The second-order valence-electron chi connectivity index (χ2n) is 5.05. The molecule has 0 saturated heterocycles. The molecule has 0 bridgehead atoms. The van der Waals surface area contributed by atoms with Crippen molar-refractivity contribution in [1.82, 2.24) is 4.98 Å². The van der Waals surface area contributed by atoms with Gasteiger partial charge in [0, 0.05) is 18.3 Å². The van der Waals surface area contributed by atoms with Crippen LogP contribution in [0.3, 0.4) is 0 Å². The number of halogens is 1. The zero-order valence-electron chi connectivity index (χ0n) is 12.8. The van der Waals surface area contributed by atoms with Crippen molar-refractivity contribution in [2.75, 3.05) is 13.2 Å². The fraction of sp³-hybridized carbons (Fsp3) is 0.294. The number of carbonyl (C=O) groups excluding carboxylic acids is 1. The van der Waals surface area contributed by atoms with Crippen molar-refractivity contribution < 1.29 is 9.53 Å². The predicted molar refractivity (Wildman–Crippen MR) is 90.0 cm³/mol. The Balaban J connectivity index is 0.00000242. The Morgan fingerprint density at radius 3 is 2.64 bits per heavy atom. The minimum Gasteiger partial charge on any atom is -0.465 e. The van der Waals surface area contributed by atoms with Crippen LogP contribution in [0, 0.1) is 0 Å². The number of hydrogen-bond acceptors (Lipinski definition) is 4. The molecule has 2 N–H and O–H groups in total. The summed E-state index contributed by atoms with van der Waals surface area (Å²) in [5.41, 5.74) is 7.65. The smallest absolute Gasteiger partial charge is 0.317 e. The molecule has 1 unspecified atom stereocenters. The van der Waals surface area contributed by atoms with Crippen molar-refractivity contribution in [3.63, 3.8) is 0 Å². The van der Waals surface area contributed by atoms with Crippen molar-refractivity contribution in [3.05, 3.63) is 54.2 Å². The Bertz CT molecular complexity index is 619. The minimum absolute atomic E-state index is 0. The van der Waals surface area contributed by atoms with Gasteiger partial charge in [0.25, 0.3) is 0 Å². The van der Waals surface area contributed by atoms with Crippen LogP contribution in [0.15, 0.2) is 48.7 Å². The SMILES string of the molecule is CCOC(=O)C(C)(CN)c1cccc(-c2ccccn2)c1.Cl. The lowest BCUT2D eigenvalue weighted by atomic mass is 9.81. The van der Waals surface area contributed by atoms with E-state index in [2.05, 4.69) is 4.98 Å².